The Balaban J connectivity index is 1.89. The molecular formula is C27H34ClN5O. The Morgan fingerprint density at radius 2 is 1.76 bits per heavy atom. The van der Waals surface area contributed by atoms with Gasteiger partial charge in [0.05, 0.1) is 12.2 Å². The van der Waals surface area contributed by atoms with Crippen molar-refractivity contribution in [2.24, 2.45) is 4.99 Å². The summed E-state index contributed by atoms with van der Waals surface area (Å²) in [5, 5.41) is 11.4. The number of aryl methyl sites for hydroxylation is 3. The summed E-state index contributed by atoms with van der Waals surface area (Å²) in [6.07, 6.45) is 0. The maximum atomic E-state index is 13.1. The second-order valence-corrected chi connectivity index (χ2v) is 9.93. The van der Waals surface area contributed by atoms with Crippen molar-refractivity contribution in [1.29, 1.82) is 0 Å². The second-order valence-electron chi connectivity index (χ2n) is 9.50. The Morgan fingerprint density at radius 3 is 2.35 bits per heavy atom. The zero-order chi connectivity index (χ0) is 25.0. The molecule has 3 rings (SSSR count). The van der Waals surface area contributed by atoms with Crippen LogP contribution in [0.5, 0.6) is 0 Å². The highest BCUT2D eigenvalue weighted by atomic mass is 35.5. The van der Waals surface area contributed by atoms with Gasteiger partial charge in [-0.2, -0.15) is 5.10 Å². The Morgan fingerprint density at radius 1 is 1.09 bits per heavy atom. The molecule has 34 heavy (non-hydrogen) atoms. The molecule has 0 saturated heterocycles. The number of nitrogens with zero attached hydrogens (tertiary/aromatic N) is 3. The molecule has 0 aliphatic carbocycles. The molecule has 6 nitrogen and oxygen atoms in total. The molecule has 0 atom stereocenters. The Bertz CT molecular complexity index is 1200. The number of nitrogens with one attached hydrogen (secondary N) is 2. The fourth-order valence-electron chi connectivity index (χ4n) is 3.70. The van der Waals surface area contributed by atoms with Gasteiger partial charge in [0, 0.05) is 34.1 Å². The molecule has 2 aromatic carbocycles. The van der Waals surface area contributed by atoms with Crippen LogP contribution in [0.1, 0.15) is 66.1 Å². The first kappa shape index (κ1) is 25.5. The van der Waals surface area contributed by atoms with E-state index in [1.807, 2.05) is 67.9 Å². The van der Waals surface area contributed by atoms with Crippen LogP contribution in [0.3, 0.4) is 0 Å². The maximum Gasteiger partial charge on any atom is 0.257 e. The van der Waals surface area contributed by atoms with Gasteiger partial charge in [-0.15, -0.1) is 0 Å². The number of hydrogen-bond donors (Lipinski definition) is 2. The summed E-state index contributed by atoms with van der Waals surface area (Å²) in [7, 11) is 0. The number of benzene rings is 2. The Kier molecular flexibility index (Phi) is 7.82. The van der Waals surface area contributed by atoms with Gasteiger partial charge >= 0.3 is 0 Å². The van der Waals surface area contributed by atoms with Crippen molar-refractivity contribution in [2.45, 2.75) is 67.0 Å². The smallest absolute Gasteiger partial charge is 0.257 e. The van der Waals surface area contributed by atoms with E-state index in [9.17, 15) is 4.79 Å². The molecule has 1 amide bonds. The molecule has 0 spiro atoms. The van der Waals surface area contributed by atoms with Crippen LogP contribution in [0.4, 0.5) is 5.69 Å². The van der Waals surface area contributed by atoms with Crippen molar-refractivity contribution < 1.29 is 4.79 Å². The van der Waals surface area contributed by atoms with Gasteiger partial charge in [0.2, 0.25) is 5.96 Å². The SMILES string of the molecule is CCn1nc(C)c(CN=C(NC(=O)c2ccc(C(C)(C)C)cc2)Nc2cc(Cl)ccc2C)c1C. The number of carbonyl (C=O) groups excluding carboxylic acids is 1. The molecule has 180 valence electrons. The third-order valence-corrected chi connectivity index (χ3v) is 6.16. The molecule has 0 bridgehead atoms. The minimum absolute atomic E-state index is 0.0198. The summed E-state index contributed by atoms with van der Waals surface area (Å²) in [6, 6.07) is 13.3. The van der Waals surface area contributed by atoms with E-state index in [4.69, 9.17) is 16.6 Å². The molecule has 0 fully saturated rings. The van der Waals surface area contributed by atoms with Crippen LogP contribution in [0.25, 0.3) is 0 Å². The zero-order valence-corrected chi connectivity index (χ0v) is 21.8. The first-order valence-corrected chi connectivity index (χ1v) is 11.9. The van der Waals surface area contributed by atoms with Gasteiger partial charge in [-0.1, -0.05) is 50.6 Å². The quantitative estimate of drug-likeness (QED) is 0.339. The van der Waals surface area contributed by atoms with Crippen LogP contribution in [-0.2, 0) is 18.5 Å². The van der Waals surface area contributed by atoms with Crippen molar-refractivity contribution in [3.05, 3.63) is 81.1 Å². The fraction of sp³-hybridized carbons (Fsp3) is 0.370. The molecule has 0 aliphatic heterocycles. The predicted octanol–water partition coefficient (Wildman–Crippen LogP) is 6.18. The van der Waals surface area contributed by atoms with E-state index in [-0.39, 0.29) is 11.3 Å². The Hall–Kier alpha value is -3.12. The van der Waals surface area contributed by atoms with Crippen molar-refractivity contribution in [1.82, 2.24) is 15.1 Å². The average Bonchev–Trinajstić information content (AvgIpc) is 3.06. The normalized spacial score (nSPS) is 12.1. The summed E-state index contributed by atoms with van der Waals surface area (Å²) in [6.45, 7) is 15.7. The van der Waals surface area contributed by atoms with E-state index < -0.39 is 0 Å². The first-order chi connectivity index (χ1) is 16.0. The highest BCUT2D eigenvalue weighted by molar-refractivity contribution is 6.31. The minimum atomic E-state index is -0.232. The van der Waals surface area contributed by atoms with Crippen molar-refractivity contribution in [3.63, 3.8) is 0 Å². The molecular weight excluding hydrogens is 446 g/mol. The third-order valence-electron chi connectivity index (χ3n) is 5.92. The maximum absolute atomic E-state index is 13.1. The number of halogens is 1. The van der Waals surface area contributed by atoms with E-state index >= 15 is 0 Å². The van der Waals surface area contributed by atoms with Crippen LogP contribution >= 0.6 is 11.6 Å². The predicted molar refractivity (Wildman–Crippen MR) is 141 cm³/mol. The van der Waals surface area contributed by atoms with Gasteiger partial charge in [-0.05, 0) is 68.5 Å². The highest BCUT2D eigenvalue weighted by Gasteiger charge is 2.16. The van der Waals surface area contributed by atoms with Crippen molar-refractivity contribution in [3.8, 4) is 0 Å². The van der Waals surface area contributed by atoms with Gasteiger partial charge in [0.25, 0.3) is 5.91 Å². The number of hydrogen-bond acceptors (Lipinski definition) is 3. The Labute approximate surface area is 207 Å². The van der Waals surface area contributed by atoms with E-state index in [2.05, 4.69) is 43.4 Å². The molecule has 3 aromatic rings. The lowest BCUT2D eigenvalue weighted by atomic mass is 9.87. The molecule has 0 saturated carbocycles. The molecule has 0 unspecified atom stereocenters. The molecule has 0 radical (unpaired) electrons. The van der Waals surface area contributed by atoms with Gasteiger partial charge in [0.15, 0.2) is 0 Å². The standard InChI is InChI=1S/C27H34ClN5O/c1-8-33-19(4)23(18(3)32-33)16-29-26(30-24-15-22(28)14-9-17(24)2)31-25(34)20-10-12-21(13-11-20)27(5,6)7/h9-15H,8,16H2,1-7H3,(H2,29,30,31,34). The number of aromatic nitrogens is 2. The summed E-state index contributed by atoms with van der Waals surface area (Å²) in [5.74, 6) is 0.127. The molecule has 0 aliphatic rings. The number of carbonyl (C=O) groups is 1. The molecule has 7 heteroatoms. The highest BCUT2D eigenvalue weighted by Crippen LogP contribution is 2.23. The lowest BCUT2D eigenvalue weighted by Gasteiger charge is -2.19. The summed E-state index contributed by atoms with van der Waals surface area (Å²) in [4.78, 5) is 17.8. The van der Waals surface area contributed by atoms with Crippen LogP contribution < -0.4 is 10.6 Å². The van der Waals surface area contributed by atoms with Gasteiger partial charge in [-0.25, -0.2) is 4.99 Å². The first-order valence-electron chi connectivity index (χ1n) is 11.5. The van der Waals surface area contributed by atoms with Crippen molar-refractivity contribution in [2.75, 3.05) is 5.32 Å². The molecule has 1 heterocycles. The van der Waals surface area contributed by atoms with Crippen LogP contribution in [0, 0.1) is 20.8 Å². The average molecular weight is 480 g/mol. The van der Waals surface area contributed by atoms with Gasteiger partial charge < -0.3 is 5.32 Å². The molecule has 1 aromatic heterocycles. The second kappa shape index (κ2) is 10.4. The third kappa shape index (κ3) is 6.06. The number of anilines is 1. The van der Waals surface area contributed by atoms with E-state index in [0.717, 1.165) is 34.7 Å². The summed E-state index contributed by atoms with van der Waals surface area (Å²) in [5.41, 5.74) is 6.59. The lowest BCUT2D eigenvalue weighted by Crippen LogP contribution is -2.36. The fourth-order valence-corrected chi connectivity index (χ4v) is 3.87. The van der Waals surface area contributed by atoms with Gasteiger partial charge in [0.1, 0.15) is 0 Å². The largest absolute Gasteiger partial charge is 0.326 e. The van der Waals surface area contributed by atoms with Crippen LogP contribution in [0.2, 0.25) is 5.02 Å². The van der Waals surface area contributed by atoms with Crippen LogP contribution in [0.15, 0.2) is 47.5 Å². The molecule has 2 N–H and O–H groups in total. The van der Waals surface area contributed by atoms with E-state index in [1.165, 1.54) is 5.56 Å². The number of rotatable bonds is 5. The van der Waals surface area contributed by atoms with Crippen molar-refractivity contribution >= 4 is 29.2 Å². The zero-order valence-electron chi connectivity index (χ0n) is 21.1. The van der Waals surface area contributed by atoms with E-state index in [0.29, 0.717) is 23.1 Å². The summed E-state index contributed by atoms with van der Waals surface area (Å²) >= 11 is 6.21. The number of guanidine groups is 1. The summed E-state index contributed by atoms with van der Waals surface area (Å²) < 4.78 is 1.96. The van der Waals surface area contributed by atoms with Gasteiger partial charge in [-0.3, -0.25) is 14.8 Å². The number of aliphatic imine (C=N–C) groups is 1. The van der Waals surface area contributed by atoms with E-state index in [1.54, 1.807) is 0 Å². The number of amides is 1. The lowest BCUT2D eigenvalue weighted by molar-refractivity contribution is 0.0977. The monoisotopic (exact) mass is 479 g/mol. The topological polar surface area (TPSA) is 71.3 Å². The van der Waals surface area contributed by atoms with Crippen LogP contribution in [-0.4, -0.2) is 21.6 Å². The minimum Gasteiger partial charge on any atom is -0.326 e.